The lowest BCUT2D eigenvalue weighted by molar-refractivity contribution is 0.0470. The van der Waals surface area contributed by atoms with Crippen molar-refractivity contribution in [3.63, 3.8) is 0 Å². The Morgan fingerprint density at radius 3 is 2.57 bits per heavy atom. The number of carbonyl (C=O) groups excluding carboxylic acids is 1. The average molecular weight is 308 g/mol. The number of ether oxygens (including phenoxy) is 2. The number of nitrogens with zero attached hydrogens (tertiary/aromatic N) is 2. The SMILES string of the molecule is Cn1cc(C(=O)OCc2ccccc2Oc2ccccc2)cn1. The second kappa shape index (κ2) is 6.79. The maximum absolute atomic E-state index is 12.0. The molecule has 0 N–H and O–H groups in total. The molecule has 5 nitrogen and oxygen atoms in total. The summed E-state index contributed by atoms with van der Waals surface area (Å²) in [7, 11) is 1.75. The summed E-state index contributed by atoms with van der Waals surface area (Å²) in [6, 6.07) is 17.0. The van der Waals surface area contributed by atoms with Crippen LogP contribution in [0, 0.1) is 0 Å². The van der Waals surface area contributed by atoms with Gasteiger partial charge in [0.25, 0.3) is 0 Å². The zero-order valence-corrected chi connectivity index (χ0v) is 12.7. The summed E-state index contributed by atoms with van der Waals surface area (Å²) in [6.45, 7) is 0.136. The van der Waals surface area contributed by atoms with Crippen molar-refractivity contribution in [3.8, 4) is 11.5 Å². The molecule has 23 heavy (non-hydrogen) atoms. The molecule has 3 aromatic rings. The zero-order valence-electron chi connectivity index (χ0n) is 12.7. The largest absolute Gasteiger partial charge is 0.457 e. The molecule has 0 amide bonds. The molecule has 0 saturated carbocycles. The normalized spacial score (nSPS) is 10.3. The molecule has 0 fully saturated rings. The number of carbonyl (C=O) groups is 1. The summed E-state index contributed by atoms with van der Waals surface area (Å²) in [6.07, 6.45) is 3.10. The lowest BCUT2D eigenvalue weighted by Gasteiger charge is -2.11. The Morgan fingerprint density at radius 1 is 1.09 bits per heavy atom. The Hall–Kier alpha value is -3.08. The molecule has 0 bridgehead atoms. The van der Waals surface area contributed by atoms with Crippen LogP contribution in [0.1, 0.15) is 15.9 Å². The van der Waals surface area contributed by atoms with Crippen LogP contribution < -0.4 is 4.74 Å². The van der Waals surface area contributed by atoms with Gasteiger partial charge in [0.2, 0.25) is 0 Å². The van der Waals surface area contributed by atoms with Gasteiger partial charge in [-0.25, -0.2) is 4.79 Å². The zero-order chi connectivity index (χ0) is 16.1. The number of aromatic nitrogens is 2. The number of para-hydroxylation sites is 2. The molecule has 5 heteroatoms. The Labute approximate surface area is 134 Å². The highest BCUT2D eigenvalue weighted by atomic mass is 16.5. The number of aryl methyl sites for hydroxylation is 1. The van der Waals surface area contributed by atoms with E-state index in [-0.39, 0.29) is 6.61 Å². The number of hydrogen-bond donors (Lipinski definition) is 0. The van der Waals surface area contributed by atoms with E-state index in [1.165, 1.54) is 6.20 Å². The maximum atomic E-state index is 12.0. The lowest BCUT2D eigenvalue weighted by atomic mass is 10.2. The van der Waals surface area contributed by atoms with Gasteiger partial charge in [0.1, 0.15) is 18.1 Å². The third kappa shape index (κ3) is 3.77. The van der Waals surface area contributed by atoms with Gasteiger partial charge in [0.15, 0.2) is 0 Å². The Kier molecular flexibility index (Phi) is 4.38. The van der Waals surface area contributed by atoms with Crippen molar-refractivity contribution in [2.75, 3.05) is 0 Å². The number of esters is 1. The van der Waals surface area contributed by atoms with E-state index in [0.29, 0.717) is 11.3 Å². The third-order valence-corrected chi connectivity index (χ3v) is 3.24. The molecular weight excluding hydrogens is 292 g/mol. The van der Waals surface area contributed by atoms with Crippen LogP contribution in [0.5, 0.6) is 11.5 Å². The van der Waals surface area contributed by atoms with E-state index >= 15 is 0 Å². The summed E-state index contributed by atoms with van der Waals surface area (Å²) >= 11 is 0. The molecule has 0 spiro atoms. The predicted octanol–water partition coefficient (Wildman–Crippen LogP) is 3.57. The van der Waals surface area contributed by atoms with E-state index in [1.54, 1.807) is 17.9 Å². The predicted molar refractivity (Wildman–Crippen MR) is 85.3 cm³/mol. The van der Waals surface area contributed by atoms with E-state index in [4.69, 9.17) is 9.47 Å². The third-order valence-electron chi connectivity index (χ3n) is 3.24. The second-order valence-electron chi connectivity index (χ2n) is 5.00. The first-order valence-corrected chi connectivity index (χ1v) is 7.19. The summed E-state index contributed by atoms with van der Waals surface area (Å²) in [5.41, 5.74) is 1.22. The molecule has 116 valence electrons. The molecule has 0 radical (unpaired) electrons. The van der Waals surface area contributed by atoms with Gasteiger partial charge in [0, 0.05) is 18.8 Å². The second-order valence-corrected chi connectivity index (χ2v) is 5.00. The molecular formula is C18H16N2O3. The van der Waals surface area contributed by atoms with Crippen LogP contribution in [-0.2, 0) is 18.4 Å². The highest BCUT2D eigenvalue weighted by Gasteiger charge is 2.11. The first-order chi connectivity index (χ1) is 11.2. The molecule has 0 aliphatic rings. The molecule has 0 unspecified atom stereocenters. The van der Waals surface area contributed by atoms with E-state index < -0.39 is 5.97 Å². The molecule has 1 heterocycles. The topological polar surface area (TPSA) is 53.4 Å². The fourth-order valence-electron chi connectivity index (χ4n) is 2.09. The smallest absolute Gasteiger partial charge is 0.341 e. The summed E-state index contributed by atoms with van der Waals surface area (Å²) in [5.74, 6) is 0.990. The molecule has 0 aliphatic carbocycles. The van der Waals surface area contributed by atoms with Crippen molar-refractivity contribution < 1.29 is 14.3 Å². The maximum Gasteiger partial charge on any atom is 0.341 e. The van der Waals surface area contributed by atoms with Crippen molar-refractivity contribution >= 4 is 5.97 Å². The Bertz CT molecular complexity index is 797. The minimum absolute atomic E-state index is 0.136. The molecule has 3 rings (SSSR count). The molecule has 2 aromatic carbocycles. The van der Waals surface area contributed by atoms with Crippen molar-refractivity contribution in [2.45, 2.75) is 6.61 Å². The van der Waals surface area contributed by atoms with Crippen molar-refractivity contribution in [1.82, 2.24) is 9.78 Å². The van der Waals surface area contributed by atoms with Crippen LogP contribution in [-0.4, -0.2) is 15.7 Å². The highest BCUT2D eigenvalue weighted by Crippen LogP contribution is 2.25. The summed E-state index contributed by atoms with van der Waals surface area (Å²) in [5, 5.41) is 3.96. The number of rotatable bonds is 5. The van der Waals surface area contributed by atoms with E-state index in [0.717, 1.165) is 11.3 Å². The summed E-state index contributed by atoms with van der Waals surface area (Å²) < 4.78 is 12.7. The van der Waals surface area contributed by atoms with Crippen molar-refractivity contribution in [2.24, 2.45) is 7.05 Å². The fourth-order valence-corrected chi connectivity index (χ4v) is 2.09. The van der Waals surface area contributed by atoms with Gasteiger partial charge >= 0.3 is 5.97 Å². The van der Waals surface area contributed by atoms with Crippen molar-refractivity contribution in [3.05, 3.63) is 78.1 Å². The summed E-state index contributed by atoms with van der Waals surface area (Å²) in [4.78, 5) is 12.0. The number of benzene rings is 2. The van der Waals surface area contributed by atoms with Crippen molar-refractivity contribution in [1.29, 1.82) is 0 Å². The monoisotopic (exact) mass is 308 g/mol. The van der Waals surface area contributed by atoms with Gasteiger partial charge in [-0.3, -0.25) is 4.68 Å². The first-order valence-electron chi connectivity index (χ1n) is 7.19. The van der Waals surface area contributed by atoms with E-state index in [1.807, 2.05) is 54.6 Å². The standard InChI is InChI=1S/C18H16N2O3/c1-20-12-15(11-19-20)18(21)22-13-14-7-5-6-10-17(14)23-16-8-3-2-4-9-16/h2-12H,13H2,1H3. The molecule has 0 saturated heterocycles. The minimum atomic E-state index is -0.410. The van der Waals surface area contributed by atoms with E-state index in [9.17, 15) is 4.79 Å². The Balaban J connectivity index is 1.69. The molecule has 0 aliphatic heterocycles. The van der Waals surface area contributed by atoms with Gasteiger partial charge in [0.05, 0.1) is 11.8 Å². The van der Waals surface area contributed by atoms with Crippen LogP contribution in [0.3, 0.4) is 0 Å². The minimum Gasteiger partial charge on any atom is -0.457 e. The van der Waals surface area contributed by atoms with Gasteiger partial charge < -0.3 is 9.47 Å². The van der Waals surface area contributed by atoms with Gasteiger partial charge in [-0.05, 0) is 18.2 Å². The Morgan fingerprint density at radius 2 is 1.83 bits per heavy atom. The van der Waals surface area contributed by atoms with Gasteiger partial charge in [-0.1, -0.05) is 36.4 Å². The van der Waals surface area contributed by atoms with Crippen LogP contribution in [0.2, 0.25) is 0 Å². The fraction of sp³-hybridized carbons (Fsp3) is 0.111. The van der Waals surface area contributed by atoms with E-state index in [2.05, 4.69) is 5.10 Å². The van der Waals surface area contributed by atoms with Gasteiger partial charge in [-0.2, -0.15) is 5.10 Å². The molecule has 0 atom stereocenters. The average Bonchev–Trinajstić information content (AvgIpc) is 3.01. The lowest BCUT2D eigenvalue weighted by Crippen LogP contribution is -2.05. The van der Waals surface area contributed by atoms with Gasteiger partial charge in [-0.15, -0.1) is 0 Å². The highest BCUT2D eigenvalue weighted by molar-refractivity contribution is 5.88. The van der Waals surface area contributed by atoms with Crippen LogP contribution in [0.4, 0.5) is 0 Å². The first kappa shape index (κ1) is 14.8. The van der Waals surface area contributed by atoms with Crippen LogP contribution in [0.25, 0.3) is 0 Å². The quantitative estimate of drug-likeness (QED) is 0.676. The molecule has 1 aromatic heterocycles. The van der Waals surface area contributed by atoms with Crippen LogP contribution >= 0.6 is 0 Å². The number of hydrogen-bond acceptors (Lipinski definition) is 4. The van der Waals surface area contributed by atoms with Crippen LogP contribution in [0.15, 0.2) is 67.0 Å².